The van der Waals surface area contributed by atoms with Gasteiger partial charge >= 0.3 is 0 Å². The van der Waals surface area contributed by atoms with Crippen molar-refractivity contribution in [2.45, 2.75) is 43.0 Å². The van der Waals surface area contributed by atoms with Gasteiger partial charge in [0.15, 0.2) is 11.6 Å². The summed E-state index contributed by atoms with van der Waals surface area (Å²) in [6.45, 7) is 0. The van der Waals surface area contributed by atoms with E-state index in [-0.39, 0.29) is 16.8 Å². The summed E-state index contributed by atoms with van der Waals surface area (Å²) in [5.41, 5.74) is 0.366. The maximum atomic E-state index is 14.1. The number of pyridine rings is 2. The summed E-state index contributed by atoms with van der Waals surface area (Å²) in [6.07, 6.45) is 11.6. The van der Waals surface area contributed by atoms with E-state index in [1.165, 1.54) is 30.4 Å². The minimum absolute atomic E-state index is 0.134. The van der Waals surface area contributed by atoms with Crippen molar-refractivity contribution in [3.63, 3.8) is 0 Å². The van der Waals surface area contributed by atoms with E-state index in [1.54, 1.807) is 54.9 Å². The molecule has 35 heavy (non-hydrogen) atoms. The number of rotatable bonds is 7. The molecule has 9 nitrogen and oxygen atoms in total. The number of ether oxygens (including phenoxy) is 1. The number of nitrogens with one attached hydrogen (secondary N) is 1. The van der Waals surface area contributed by atoms with Crippen LogP contribution in [0.3, 0.4) is 0 Å². The van der Waals surface area contributed by atoms with Crippen molar-refractivity contribution in [1.82, 2.24) is 19.9 Å². The van der Waals surface area contributed by atoms with Gasteiger partial charge in [-0.15, -0.1) is 0 Å². The smallest absolute Gasteiger partial charge is 0.270 e. The van der Waals surface area contributed by atoms with E-state index in [0.717, 1.165) is 36.5 Å². The highest BCUT2D eigenvalue weighted by Gasteiger charge is 2.31. The van der Waals surface area contributed by atoms with E-state index in [9.17, 15) is 8.42 Å². The topological polar surface area (TPSA) is 110 Å². The zero-order valence-corrected chi connectivity index (χ0v) is 20.1. The first-order chi connectivity index (χ1) is 17.1. The molecule has 1 saturated carbocycles. The summed E-state index contributed by atoms with van der Waals surface area (Å²) >= 11 is 0. The third-order valence-electron chi connectivity index (χ3n) is 6.15. The van der Waals surface area contributed by atoms with Crippen molar-refractivity contribution in [3.05, 3.63) is 67.4 Å². The molecule has 1 N–H and O–H groups in total. The quantitative estimate of drug-likeness (QED) is 0.397. The normalized spacial score (nSPS) is 14.5. The Labute approximate surface area is 204 Å². The number of aromatic nitrogens is 4. The van der Waals surface area contributed by atoms with Gasteiger partial charge in [0.1, 0.15) is 12.0 Å². The molecule has 1 fully saturated rings. The zero-order chi connectivity index (χ0) is 24.3. The Bertz CT molecular complexity index is 1430. The number of benzene rings is 1. The van der Waals surface area contributed by atoms with Gasteiger partial charge in [0.2, 0.25) is 5.88 Å². The summed E-state index contributed by atoms with van der Waals surface area (Å²) in [7, 11) is -2.54. The molecule has 3 aromatic heterocycles. The third-order valence-corrected chi connectivity index (χ3v) is 7.86. The summed E-state index contributed by atoms with van der Waals surface area (Å²) < 4.78 is 34.8. The van der Waals surface area contributed by atoms with E-state index in [0.29, 0.717) is 17.4 Å². The van der Waals surface area contributed by atoms with Crippen LogP contribution in [0.1, 0.15) is 32.1 Å². The fraction of sp³-hybridized carbons (Fsp3) is 0.280. The third kappa shape index (κ3) is 4.74. The van der Waals surface area contributed by atoms with Gasteiger partial charge in [-0.2, -0.15) is 4.98 Å². The van der Waals surface area contributed by atoms with Crippen LogP contribution in [-0.2, 0) is 10.0 Å². The second-order valence-corrected chi connectivity index (χ2v) is 10.2. The Morgan fingerprint density at radius 3 is 2.57 bits per heavy atom. The van der Waals surface area contributed by atoms with Gasteiger partial charge in [0.05, 0.1) is 12.0 Å². The van der Waals surface area contributed by atoms with Gasteiger partial charge in [0.25, 0.3) is 10.0 Å². The Balaban J connectivity index is 1.66. The second-order valence-electron chi connectivity index (χ2n) is 8.42. The average Bonchev–Trinajstić information content (AvgIpc) is 2.90. The van der Waals surface area contributed by atoms with Crippen molar-refractivity contribution in [3.8, 4) is 5.88 Å². The highest BCUT2D eigenvalue weighted by molar-refractivity contribution is 7.93. The molecule has 0 saturated heterocycles. The largest absolute Gasteiger partial charge is 0.481 e. The van der Waals surface area contributed by atoms with Crippen LogP contribution in [0.25, 0.3) is 10.8 Å². The lowest BCUT2D eigenvalue weighted by atomic mass is 9.95. The highest BCUT2D eigenvalue weighted by Crippen LogP contribution is 2.38. The van der Waals surface area contributed by atoms with Gasteiger partial charge in [-0.05, 0) is 42.5 Å². The molecular weight excluding hydrogens is 464 g/mol. The lowest BCUT2D eigenvalue weighted by Crippen LogP contribution is -2.30. The average molecular weight is 491 g/mol. The number of sulfonamides is 1. The van der Waals surface area contributed by atoms with Crippen LogP contribution in [0.2, 0.25) is 0 Å². The van der Waals surface area contributed by atoms with Crippen molar-refractivity contribution in [2.24, 2.45) is 0 Å². The van der Waals surface area contributed by atoms with Crippen LogP contribution in [0, 0.1) is 0 Å². The Morgan fingerprint density at radius 2 is 1.80 bits per heavy atom. The highest BCUT2D eigenvalue weighted by atomic mass is 32.2. The van der Waals surface area contributed by atoms with Crippen molar-refractivity contribution in [2.75, 3.05) is 16.7 Å². The first kappa shape index (κ1) is 23.0. The molecule has 0 radical (unpaired) electrons. The zero-order valence-electron chi connectivity index (χ0n) is 19.3. The van der Waals surface area contributed by atoms with E-state index in [2.05, 4.69) is 25.3 Å². The van der Waals surface area contributed by atoms with Gasteiger partial charge in [-0.25, -0.2) is 22.7 Å². The first-order valence-corrected chi connectivity index (χ1v) is 13.0. The van der Waals surface area contributed by atoms with Crippen LogP contribution < -0.4 is 14.4 Å². The molecular formula is C25H26N6O3S. The number of nitrogens with zero attached hydrogens (tertiary/aromatic N) is 5. The van der Waals surface area contributed by atoms with Crippen LogP contribution in [0.15, 0.2) is 72.3 Å². The molecule has 0 aliphatic heterocycles. The minimum Gasteiger partial charge on any atom is -0.481 e. The predicted octanol–water partition coefficient (Wildman–Crippen LogP) is 4.70. The molecule has 0 spiro atoms. The SMILES string of the molecule is COc1ccc(N(c2ccncn2)S(=O)(=O)c2ccc3cnccc3c2)c(NC2CCCCC2)n1. The Morgan fingerprint density at radius 1 is 0.971 bits per heavy atom. The molecule has 1 aromatic carbocycles. The molecule has 1 aliphatic carbocycles. The Hall–Kier alpha value is -3.79. The predicted molar refractivity (Wildman–Crippen MR) is 134 cm³/mol. The Kier molecular flexibility index (Phi) is 6.45. The molecule has 1 aliphatic rings. The van der Waals surface area contributed by atoms with Gasteiger partial charge in [-0.3, -0.25) is 4.98 Å². The van der Waals surface area contributed by atoms with Gasteiger partial charge in [-0.1, -0.05) is 25.3 Å². The number of fused-ring (bicyclic) bond motifs is 1. The molecule has 0 atom stereocenters. The molecule has 10 heteroatoms. The fourth-order valence-electron chi connectivity index (χ4n) is 4.37. The summed E-state index contributed by atoms with van der Waals surface area (Å²) in [6, 6.07) is 11.9. The van der Waals surface area contributed by atoms with Crippen molar-refractivity contribution < 1.29 is 13.2 Å². The van der Waals surface area contributed by atoms with Crippen molar-refractivity contribution in [1.29, 1.82) is 0 Å². The monoisotopic (exact) mass is 490 g/mol. The molecule has 3 heterocycles. The minimum atomic E-state index is -4.08. The summed E-state index contributed by atoms with van der Waals surface area (Å²) in [5.74, 6) is 1.04. The second kappa shape index (κ2) is 9.83. The lowest BCUT2D eigenvalue weighted by Gasteiger charge is -2.28. The van der Waals surface area contributed by atoms with Crippen molar-refractivity contribution >= 4 is 38.1 Å². The summed E-state index contributed by atoms with van der Waals surface area (Å²) in [4.78, 5) is 17.1. The van der Waals surface area contributed by atoms with Crippen LogP contribution in [0.4, 0.5) is 17.3 Å². The van der Waals surface area contributed by atoms with E-state index in [4.69, 9.17) is 4.74 Å². The number of anilines is 3. The van der Waals surface area contributed by atoms with E-state index in [1.807, 2.05) is 0 Å². The molecule has 180 valence electrons. The van der Waals surface area contributed by atoms with E-state index >= 15 is 0 Å². The molecule has 0 unspecified atom stereocenters. The van der Waals surface area contributed by atoms with Crippen LogP contribution >= 0.6 is 0 Å². The summed E-state index contributed by atoms with van der Waals surface area (Å²) in [5, 5.41) is 5.11. The maximum Gasteiger partial charge on any atom is 0.270 e. The van der Waals surface area contributed by atoms with Crippen LogP contribution in [0.5, 0.6) is 5.88 Å². The molecule has 0 amide bonds. The standard InChI is InChI=1S/C25H26N6O3S/c1-34-24-10-9-22(25(30-24)29-20-5-3-2-4-6-20)31(23-12-14-27-17-28-23)35(32,33)21-8-7-19-16-26-13-11-18(19)15-21/h7-17,20H,2-6H2,1H3,(H,29,30). The van der Waals surface area contributed by atoms with Crippen LogP contribution in [-0.4, -0.2) is 41.5 Å². The molecule has 5 rings (SSSR count). The number of hydrogen-bond donors (Lipinski definition) is 1. The van der Waals surface area contributed by atoms with E-state index < -0.39 is 10.0 Å². The number of methoxy groups -OCH3 is 1. The first-order valence-electron chi connectivity index (χ1n) is 11.5. The van der Waals surface area contributed by atoms with Gasteiger partial charge < -0.3 is 10.1 Å². The number of hydrogen-bond acceptors (Lipinski definition) is 8. The molecule has 4 aromatic rings. The maximum absolute atomic E-state index is 14.1. The van der Waals surface area contributed by atoms with Gasteiger partial charge in [0, 0.05) is 42.2 Å². The molecule has 0 bridgehead atoms. The lowest BCUT2D eigenvalue weighted by molar-refractivity contribution is 0.397. The fourth-order valence-corrected chi connectivity index (χ4v) is 5.85.